The van der Waals surface area contributed by atoms with E-state index in [0.717, 1.165) is 23.1 Å². The van der Waals surface area contributed by atoms with Crippen LogP contribution in [0.25, 0.3) is 10.9 Å². The van der Waals surface area contributed by atoms with Crippen molar-refractivity contribution in [3.63, 3.8) is 0 Å². The molecule has 108 valence electrons. The molecule has 1 aromatic carbocycles. The summed E-state index contributed by atoms with van der Waals surface area (Å²) in [6, 6.07) is 12.0. The molecule has 5 nitrogen and oxygen atoms in total. The number of rotatable bonds is 4. The standard InChI is InChI=1S/C16H18N4O/c1-3-19-9-8-15(18-19)17-16(21)11-20-12(2)10-13-6-4-5-7-14(13)20/h4-10H,3,11H2,1-2H3,(H,17,18,21). The van der Waals surface area contributed by atoms with E-state index < -0.39 is 0 Å². The van der Waals surface area contributed by atoms with Crippen LogP contribution in [0.2, 0.25) is 0 Å². The van der Waals surface area contributed by atoms with Crippen molar-refractivity contribution in [2.24, 2.45) is 0 Å². The van der Waals surface area contributed by atoms with Gasteiger partial charge >= 0.3 is 0 Å². The summed E-state index contributed by atoms with van der Waals surface area (Å²) in [5.41, 5.74) is 2.15. The molecule has 0 spiro atoms. The van der Waals surface area contributed by atoms with Crippen LogP contribution in [0.5, 0.6) is 0 Å². The SMILES string of the molecule is CCn1ccc(NC(=O)Cn2c(C)cc3ccccc32)n1. The van der Waals surface area contributed by atoms with Gasteiger partial charge in [0.2, 0.25) is 5.91 Å². The Morgan fingerprint density at radius 2 is 2.10 bits per heavy atom. The summed E-state index contributed by atoms with van der Waals surface area (Å²) in [6.45, 7) is 5.10. The molecule has 0 bridgehead atoms. The molecule has 0 unspecified atom stereocenters. The predicted octanol–water partition coefficient (Wildman–Crippen LogP) is 2.80. The fourth-order valence-corrected chi connectivity index (χ4v) is 2.49. The van der Waals surface area contributed by atoms with E-state index in [1.54, 1.807) is 4.68 Å². The highest BCUT2D eigenvalue weighted by molar-refractivity contribution is 5.91. The van der Waals surface area contributed by atoms with E-state index in [4.69, 9.17) is 0 Å². The maximum atomic E-state index is 12.2. The molecule has 0 aliphatic rings. The summed E-state index contributed by atoms with van der Waals surface area (Å²) >= 11 is 0. The van der Waals surface area contributed by atoms with Crippen LogP contribution in [0.15, 0.2) is 42.6 Å². The molecule has 0 atom stereocenters. The van der Waals surface area contributed by atoms with Crippen molar-refractivity contribution in [1.29, 1.82) is 0 Å². The number of nitrogens with zero attached hydrogens (tertiary/aromatic N) is 3. The second-order valence-corrected chi connectivity index (χ2v) is 5.04. The second kappa shape index (κ2) is 5.44. The minimum Gasteiger partial charge on any atom is -0.335 e. The van der Waals surface area contributed by atoms with Crippen LogP contribution in [0.1, 0.15) is 12.6 Å². The van der Waals surface area contributed by atoms with E-state index in [1.807, 2.05) is 48.9 Å². The topological polar surface area (TPSA) is 51.9 Å². The molecular weight excluding hydrogens is 264 g/mol. The van der Waals surface area contributed by atoms with Crippen LogP contribution in [-0.4, -0.2) is 20.3 Å². The highest BCUT2D eigenvalue weighted by atomic mass is 16.2. The van der Waals surface area contributed by atoms with E-state index in [1.165, 1.54) is 0 Å². The summed E-state index contributed by atoms with van der Waals surface area (Å²) in [5, 5.41) is 8.24. The van der Waals surface area contributed by atoms with E-state index >= 15 is 0 Å². The zero-order chi connectivity index (χ0) is 14.8. The third kappa shape index (κ3) is 2.67. The largest absolute Gasteiger partial charge is 0.335 e. The first-order chi connectivity index (χ1) is 10.2. The molecule has 0 aliphatic carbocycles. The van der Waals surface area contributed by atoms with Gasteiger partial charge in [-0.2, -0.15) is 5.10 Å². The number of carbonyl (C=O) groups excluding carboxylic acids is 1. The lowest BCUT2D eigenvalue weighted by Crippen LogP contribution is -2.19. The lowest BCUT2D eigenvalue weighted by atomic mass is 10.2. The van der Waals surface area contributed by atoms with Gasteiger partial charge in [-0.1, -0.05) is 18.2 Å². The molecule has 1 amide bonds. The first kappa shape index (κ1) is 13.4. The first-order valence-corrected chi connectivity index (χ1v) is 7.05. The maximum absolute atomic E-state index is 12.2. The Labute approximate surface area is 123 Å². The number of para-hydroxylation sites is 1. The average molecular weight is 282 g/mol. The highest BCUT2D eigenvalue weighted by Crippen LogP contribution is 2.19. The Kier molecular flexibility index (Phi) is 3.48. The Morgan fingerprint density at radius 3 is 2.86 bits per heavy atom. The van der Waals surface area contributed by atoms with Gasteiger partial charge in [0.05, 0.1) is 0 Å². The number of aromatic nitrogens is 3. The Bertz CT molecular complexity index is 785. The molecule has 3 aromatic rings. The van der Waals surface area contributed by atoms with Crippen LogP contribution in [0.4, 0.5) is 5.82 Å². The van der Waals surface area contributed by atoms with Crippen LogP contribution in [-0.2, 0) is 17.9 Å². The van der Waals surface area contributed by atoms with E-state index in [-0.39, 0.29) is 5.91 Å². The monoisotopic (exact) mass is 282 g/mol. The lowest BCUT2D eigenvalue weighted by Gasteiger charge is -2.08. The molecule has 2 aromatic heterocycles. The number of carbonyl (C=O) groups is 1. The summed E-state index contributed by atoms with van der Waals surface area (Å²) in [5.74, 6) is 0.525. The number of anilines is 1. The molecule has 5 heteroatoms. The number of benzene rings is 1. The van der Waals surface area contributed by atoms with Crippen LogP contribution < -0.4 is 5.32 Å². The van der Waals surface area contributed by atoms with Gasteiger partial charge in [-0.05, 0) is 31.4 Å². The Hall–Kier alpha value is -2.56. The third-order valence-electron chi connectivity index (χ3n) is 3.55. The molecule has 0 fully saturated rings. The van der Waals surface area contributed by atoms with Gasteiger partial charge in [-0.25, -0.2) is 0 Å². The van der Waals surface area contributed by atoms with E-state index in [2.05, 4.69) is 22.5 Å². The molecular formula is C16H18N4O. The molecule has 2 heterocycles. The zero-order valence-corrected chi connectivity index (χ0v) is 12.2. The van der Waals surface area contributed by atoms with Crippen molar-refractivity contribution in [3.05, 3.63) is 48.3 Å². The lowest BCUT2D eigenvalue weighted by molar-refractivity contribution is -0.116. The number of hydrogen-bond donors (Lipinski definition) is 1. The fraction of sp³-hybridized carbons (Fsp3) is 0.250. The van der Waals surface area contributed by atoms with Crippen molar-refractivity contribution < 1.29 is 4.79 Å². The number of aryl methyl sites for hydroxylation is 2. The van der Waals surface area contributed by atoms with Gasteiger partial charge in [-0.3, -0.25) is 9.48 Å². The van der Waals surface area contributed by atoms with Crippen molar-refractivity contribution in [2.45, 2.75) is 26.9 Å². The summed E-state index contributed by atoms with van der Waals surface area (Å²) in [7, 11) is 0. The maximum Gasteiger partial charge on any atom is 0.245 e. The normalized spacial score (nSPS) is 11.0. The third-order valence-corrected chi connectivity index (χ3v) is 3.55. The Morgan fingerprint density at radius 1 is 1.29 bits per heavy atom. The quantitative estimate of drug-likeness (QED) is 0.800. The van der Waals surface area contributed by atoms with Gasteiger partial charge in [0.1, 0.15) is 6.54 Å². The number of hydrogen-bond acceptors (Lipinski definition) is 2. The van der Waals surface area contributed by atoms with Crippen molar-refractivity contribution in [3.8, 4) is 0 Å². The number of nitrogens with one attached hydrogen (secondary N) is 1. The van der Waals surface area contributed by atoms with Crippen LogP contribution in [0.3, 0.4) is 0 Å². The molecule has 0 saturated heterocycles. The molecule has 0 aliphatic heterocycles. The highest BCUT2D eigenvalue weighted by Gasteiger charge is 2.10. The smallest absolute Gasteiger partial charge is 0.245 e. The van der Waals surface area contributed by atoms with Crippen LogP contribution >= 0.6 is 0 Å². The zero-order valence-electron chi connectivity index (χ0n) is 12.2. The molecule has 21 heavy (non-hydrogen) atoms. The molecule has 1 N–H and O–H groups in total. The van der Waals surface area contributed by atoms with E-state index in [9.17, 15) is 4.79 Å². The minimum atomic E-state index is -0.0687. The van der Waals surface area contributed by atoms with Crippen molar-refractivity contribution >= 4 is 22.6 Å². The van der Waals surface area contributed by atoms with Gasteiger partial charge in [-0.15, -0.1) is 0 Å². The van der Waals surface area contributed by atoms with Gasteiger partial charge in [0.15, 0.2) is 5.82 Å². The van der Waals surface area contributed by atoms with Crippen molar-refractivity contribution in [1.82, 2.24) is 14.3 Å². The molecule has 3 rings (SSSR count). The summed E-state index contributed by atoms with van der Waals surface area (Å²) < 4.78 is 3.80. The van der Waals surface area contributed by atoms with Crippen LogP contribution in [0, 0.1) is 6.92 Å². The van der Waals surface area contributed by atoms with E-state index in [0.29, 0.717) is 12.4 Å². The summed E-state index contributed by atoms with van der Waals surface area (Å²) in [4.78, 5) is 12.2. The summed E-state index contributed by atoms with van der Waals surface area (Å²) in [6.07, 6.45) is 1.85. The number of amides is 1. The fourth-order valence-electron chi connectivity index (χ4n) is 2.49. The second-order valence-electron chi connectivity index (χ2n) is 5.04. The van der Waals surface area contributed by atoms with Gasteiger partial charge in [0, 0.05) is 30.0 Å². The first-order valence-electron chi connectivity index (χ1n) is 7.05. The van der Waals surface area contributed by atoms with Crippen molar-refractivity contribution in [2.75, 3.05) is 5.32 Å². The Balaban J connectivity index is 1.78. The predicted molar refractivity (Wildman–Crippen MR) is 83.2 cm³/mol. The van der Waals surface area contributed by atoms with Gasteiger partial charge < -0.3 is 9.88 Å². The molecule has 0 radical (unpaired) electrons. The minimum absolute atomic E-state index is 0.0687. The number of fused-ring (bicyclic) bond motifs is 1. The van der Waals surface area contributed by atoms with Gasteiger partial charge in [0.25, 0.3) is 0 Å². The average Bonchev–Trinajstić information content (AvgIpc) is 3.04. The molecule has 0 saturated carbocycles.